The van der Waals surface area contributed by atoms with Gasteiger partial charge in [-0.2, -0.15) is 0 Å². The fraction of sp³-hybridized carbons (Fsp3) is 0.889. The van der Waals surface area contributed by atoms with Gasteiger partial charge in [0.15, 0.2) is 0 Å². The SMILES string of the molecule is CNC1CCCCC1(C)C(N)=O. The summed E-state index contributed by atoms with van der Waals surface area (Å²) in [4.78, 5) is 11.2. The van der Waals surface area contributed by atoms with Crippen molar-refractivity contribution in [2.45, 2.75) is 38.6 Å². The van der Waals surface area contributed by atoms with Crippen LogP contribution in [0.4, 0.5) is 0 Å². The molecule has 0 aromatic rings. The molecular weight excluding hydrogens is 152 g/mol. The number of hydrogen-bond acceptors (Lipinski definition) is 2. The molecule has 1 saturated carbocycles. The highest BCUT2D eigenvalue weighted by molar-refractivity contribution is 5.81. The molecule has 0 bridgehead atoms. The second kappa shape index (κ2) is 3.44. The first-order valence-corrected chi connectivity index (χ1v) is 4.58. The molecule has 12 heavy (non-hydrogen) atoms. The Kier molecular flexibility index (Phi) is 2.73. The fourth-order valence-corrected chi connectivity index (χ4v) is 2.09. The van der Waals surface area contributed by atoms with Crippen LogP contribution in [0.5, 0.6) is 0 Å². The van der Waals surface area contributed by atoms with Crippen LogP contribution in [0.1, 0.15) is 32.6 Å². The van der Waals surface area contributed by atoms with Gasteiger partial charge in [0.2, 0.25) is 5.91 Å². The Morgan fingerprint density at radius 2 is 2.25 bits per heavy atom. The molecule has 0 heterocycles. The van der Waals surface area contributed by atoms with E-state index in [2.05, 4.69) is 5.32 Å². The highest BCUT2D eigenvalue weighted by Crippen LogP contribution is 2.35. The van der Waals surface area contributed by atoms with Gasteiger partial charge in [-0.15, -0.1) is 0 Å². The zero-order valence-corrected chi connectivity index (χ0v) is 7.89. The molecule has 2 unspecified atom stereocenters. The summed E-state index contributed by atoms with van der Waals surface area (Å²) in [7, 11) is 1.90. The van der Waals surface area contributed by atoms with E-state index in [9.17, 15) is 4.79 Å². The summed E-state index contributed by atoms with van der Waals surface area (Å²) in [5, 5.41) is 3.18. The van der Waals surface area contributed by atoms with Crippen molar-refractivity contribution >= 4 is 5.91 Å². The number of rotatable bonds is 2. The monoisotopic (exact) mass is 170 g/mol. The van der Waals surface area contributed by atoms with Crippen molar-refractivity contribution in [3.8, 4) is 0 Å². The van der Waals surface area contributed by atoms with Crippen LogP contribution in [-0.2, 0) is 4.79 Å². The van der Waals surface area contributed by atoms with Gasteiger partial charge < -0.3 is 11.1 Å². The first-order chi connectivity index (χ1) is 5.61. The Morgan fingerprint density at radius 1 is 1.58 bits per heavy atom. The van der Waals surface area contributed by atoms with Crippen molar-refractivity contribution in [1.82, 2.24) is 5.32 Å². The topological polar surface area (TPSA) is 55.1 Å². The average Bonchev–Trinajstić information content (AvgIpc) is 2.05. The molecule has 2 atom stereocenters. The zero-order valence-electron chi connectivity index (χ0n) is 7.89. The van der Waals surface area contributed by atoms with Crippen molar-refractivity contribution in [3.05, 3.63) is 0 Å². The first-order valence-electron chi connectivity index (χ1n) is 4.58. The van der Waals surface area contributed by atoms with Crippen LogP contribution < -0.4 is 11.1 Å². The lowest BCUT2D eigenvalue weighted by Gasteiger charge is -2.38. The maximum atomic E-state index is 11.2. The summed E-state index contributed by atoms with van der Waals surface area (Å²) < 4.78 is 0. The molecule has 0 aromatic heterocycles. The van der Waals surface area contributed by atoms with Crippen LogP contribution in [0.2, 0.25) is 0 Å². The van der Waals surface area contributed by atoms with E-state index in [0.29, 0.717) is 0 Å². The second-order valence-corrected chi connectivity index (χ2v) is 3.87. The van der Waals surface area contributed by atoms with Gasteiger partial charge in [0, 0.05) is 6.04 Å². The van der Waals surface area contributed by atoms with Gasteiger partial charge in [-0.25, -0.2) is 0 Å². The quantitative estimate of drug-likeness (QED) is 0.639. The standard InChI is InChI=1S/C9H18N2O/c1-9(8(10)12)6-4-3-5-7(9)11-2/h7,11H,3-6H2,1-2H3,(H2,10,12). The molecule has 1 aliphatic carbocycles. The molecule has 0 spiro atoms. The number of nitrogens with one attached hydrogen (secondary N) is 1. The van der Waals surface area contributed by atoms with Crippen LogP contribution in [0, 0.1) is 5.41 Å². The Hall–Kier alpha value is -0.570. The number of primary amides is 1. The van der Waals surface area contributed by atoms with Crippen LogP contribution in [0.15, 0.2) is 0 Å². The number of carbonyl (C=O) groups is 1. The summed E-state index contributed by atoms with van der Waals surface area (Å²) in [6, 6.07) is 0.267. The molecule has 1 fully saturated rings. The van der Waals surface area contributed by atoms with E-state index >= 15 is 0 Å². The van der Waals surface area contributed by atoms with Crippen molar-refractivity contribution in [3.63, 3.8) is 0 Å². The summed E-state index contributed by atoms with van der Waals surface area (Å²) in [6.07, 6.45) is 4.32. The largest absolute Gasteiger partial charge is 0.369 e. The van der Waals surface area contributed by atoms with Crippen molar-refractivity contribution in [2.24, 2.45) is 11.1 Å². The molecule has 0 saturated heterocycles. The average molecular weight is 170 g/mol. The van der Waals surface area contributed by atoms with Crippen LogP contribution in [0.25, 0.3) is 0 Å². The van der Waals surface area contributed by atoms with Gasteiger partial charge >= 0.3 is 0 Å². The number of amides is 1. The minimum atomic E-state index is -0.326. The summed E-state index contributed by atoms with van der Waals surface area (Å²) >= 11 is 0. The smallest absolute Gasteiger partial charge is 0.224 e. The van der Waals surface area contributed by atoms with Crippen molar-refractivity contribution < 1.29 is 4.79 Å². The minimum absolute atomic E-state index is 0.165. The molecule has 70 valence electrons. The number of carbonyl (C=O) groups excluding carboxylic acids is 1. The van der Waals surface area contributed by atoms with E-state index in [-0.39, 0.29) is 17.4 Å². The van der Waals surface area contributed by atoms with Gasteiger partial charge in [0.05, 0.1) is 5.41 Å². The second-order valence-electron chi connectivity index (χ2n) is 3.87. The molecule has 3 heteroatoms. The van der Waals surface area contributed by atoms with Gasteiger partial charge in [-0.3, -0.25) is 4.79 Å². The minimum Gasteiger partial charge on any atom is -0.369 e. The Balaban J connectivity index is 2.75. The molecule has 3 nitrogen and oxygen atoms in total. The molecule has 1 rings (SSSR count). The van der Waals surface area contributed by atoms with Gasteiger partial charge in [0.1, 0.15) is 0 Å². The lowest BCUT2D eigenvalue weighted by atomic mass is 9.71. The predicted molar refractivity (Wildman–Crippen MR) is 48.6 cm³/mol. The summed E-state index contributed by atoms with van der Waals surface area (Å²) in [5.41, 5.74) is 5.06. The fourth-order valence-electron chi connectivity index (χ4n) is 2.09. The van der Waals surface area contributed by atoms with Crippen molar-refractivity contribution in [2.75, 3.05) is 7.05 Å². The van der Waals surface area contributed by atoms with E-state index < -0.39 is 0 Å². The van der Waals surface area contributed by atoms with Gasteiger partial charge in [-0.05, 0) is 26.8 Å². The third kappa shape index (κ3) is 1.46. The van der Waals surface area contributed by atoms with Gasteiger partial charge in [-0.1, -0.05) is 12.8 Å². The maximum absolute atomic E-state index is 11.2. The molecule has 0 radical (unpaired) electrons. The van der Waals surface area contributed by atoms with E-state index in [1.807, 2.05) is 14.0 Å². The molecule has 1 amide bonds. The van der Waals surface area contributed by atoms with E-state index in [4.69, 9.17) is 5.73 Å². The highest BCUT2D eigenvalue weighted by Gasteiger charge is 2.40. The van der Waals surface area contributed by atoms with Crippen molar-refractivity contribution in [1.29, 1.82) is 0 Å². The highest BCUT2D eigenvalue weighted by atomic mass is 16.1. The maximum Gasteiger partial charge on any atom is 0.224 e. The lowest BCUT2D eigenvalue weighted by Crippen LogP contribution is -2.51. The van der Waals surface area contributed by atoms with Crippen LogP contribution >= 0.6 is 0 Å². The lowest BCUT2D eigenvalue weighted by molar-refractivity contribution is -0.129. The van der Waals surface area contributed by atoms with E-state index in [1.54, 1.807) is 0 Å². The van der Waals surface area contributed by atoms with E-state index in [0.717, 1.165) is 19.3 Å². The summed E-state index contributed by atoms with van der Waals surface area (Å²) in [5.74, 6) is -0.165. The summed E-state index contributed by atoms with van der Waals surface area (Å²) in [6.45, 7) is 1.97. The Labute approximate surface area is 73.7 Å². The molecule has 0 aromatic carbocycles. The predicted octanol–water partition coefficient (Wildman–Crippen LogP) is 0.640. The number of hydrogen-bond donors (Lipinski definition) is 2. The Bertz CT molecular complexity index is 181. The number of nitrogens with two attached hydrogens (primary N) is 1. The molecular formula is C9H18N2O. The third-order valence-electron chi connectivity index (χ3n) is 3.12. The van der Waals surface area contributed by atoms with Crippen LogP contribution in [0.3, 0.4) is 0 Å². The normalized spacial score (nSPS) is 36.3. The Morgan fingerprint density at radius 3 is 2.67 bits per heavy atom. The third-order valence-corrected chi connectivity index (χ3v) is 3.12. The first kappa shape index (κ1) is 9.52. The molecule has 1 aliphatic rings. The molecule has 3 N–H and O–H groups in total. The molecule has 0 aliphatic heterocycles. The van der Waals surface area contributed by atoms with E-state index in [1.165, 1.54) is 6.42 Å². The zero-order chi connectivity index (χ0) is 9.19. The van der Waals surface area contributed by atoms with Crippen LogP contribution in [-0.4, -0.2) is 19.0 Å². The van der Waals surface area contributed by atoms with Gasteiger partial charge in [0.25, 0.3) is 0 Å².